The van der Waals surface area contributed by atoms with Crippen LogP contribution in [0, 0.1) is 17.0 Å². The zero-order chi connectivity index (χ0) is 13.3. The van der Waals surface area contributed by atoms with Gasteiger partial charge in [0.1, 0.15) is 5.82 Å². The van der Waals surface area contributed by atoms with Crippen molar-refractivity contribution in [2.45, 2.75) is 19.9 Å². The summed E-state index contributed by atoms with van der Waals surface area (Å²) in [5.74, 6) is 0.582. The number of nitrogens with zero attached hydrogens (tertiary/aromatic N) is 3. The van der Waals surface area contributed by atoms with Gasteiger partial charge in [-0.2, -0.15) is 5.10 Å². The van der Waals surface area contributed by atoms with Gasteiger partial charge in [0, 0.05) is 18.2 Å². The van der Waals surface area contributed by atoms with Crippen LogP contribution in [0.3, 0.4) is 0 Å². The van der Waals surface area contributed by atoms with E-state index in [0.29, 0.717) is 5.82 Å². The van der Waals surface area contributed by atoms with Gasteiger partial charge in [0.2, 0.25) is 0 Å². The molecule has 1 heterocycles. The molecule has 0 saturated carbocycles. The molecular weight excluding hydrogens is 232 g/mol. The third kappa shape index (κ3) is 2.17. The summed E-state index contributed by atoms with van der Waals surface area (Å²) in [5, 5.41) is 14.9. The molecule has 0 aliphatic carbocycles. The first-order valence-electron chi connectivity index (χ1n) is 5.55. The molecular formula is C12H14N4O2. The van der Waals surface area contributed by atoms with Gasteiger partial charge >= 0.3 is 0 Å². The third-order valence-electron chi connectivity index (χ3n) is 2.84. The van der Waals surface area contributed by atoms with Crippen LogP contribution >= 0.6 is 0 Å². The van der Waals surface area contributed by atoms with E-state index in [0.717, 1.165) is 11.3 Å². The smallest absolute Gasteiger partial charge is 0.269 e. The van der Waals surface area contributed by atoms with Crippen LogP contribution < -0.4 is 5.73 Å². The highest BCUT2D eigenvalue weighted by Gasteiger charge is 2.13. The van der Waals surface area contributed by atoms with Crippen LogP contribution in [0.1, 0.15) is 24.2 Å². The van der Waals surface area contributed by atoms with Crippen LogP contribution in [0.5, 0.6) is 0 Å². The van der Waals surface area contributed by atoms with Crippen molar-refractivity contribution in [3.8, 4) is 0 Å². The Morgan fingerprint density at radius 2 is 2.00 bits per heavy atom. The van der Waals surface area contributed by atoms with E-state index < -0.39 is 4.92 Å². The molecule has 0 saturated heterocycles. The standard InChI is InChI=1S/C12H14N4O2/c1-8-7-12(13)15(14-8)9(2)10-3-5-11(6-4-10)16(17)18/h3-7,9H,13H2,1-2H3. The van der Waals surface area contributed by atoms with Crippen molar-refractivity contribution in [3.05, 3.63) is 51.7 Å². The summed E-state index contributed by atoms with van der Waals surface area (Å²) in [6.07, 6.45) is 0. The predicted octanol–water partition coefficient (Wildman–Crippen LogP) is 2.29. The number of nitrogens with two attached hydrogens (primary N) is 1. The van der Waals surface area contributed by atoms with E-state index in [2.05, 4.69) is 5.10 Å². The highest BCUT2D eigenvalue weighted by molar-refractivity contribution is 5.37. The van der Waals surface area contributed by atoms with Gasteiger partial charge in [-0.15, -0.1) is 0 Å². The molecule has 1 aromatic heterocycles. The maximum atomic E-state index is 10.6. The number of nitrogen functional groups attached to an aromatic ring is 1. The lowest BCUT2D eigenvalue weighted by Crippen LogP contribution is -2.11. The summed E-state index contributed by atoms with van der Waals surface area (Å²) in [5.41, 5.74) is 7.70. The first-order valence-corrected chi connectivity index (χ1v) is 5.55. The fourth-order valence-electron chi connectivity index (χ4n) is 1.86. The van der Waals surface area contributed by atoms with Crippen LogP contribution in [0.4, 0.5) is 11.5 Å². The number of anilines is 1. The number of aromatic nitrogens is 2. The average Bonchev–Trinajstić information content (AvgIpc) is 2.67. The molecule has 0 bridgehead atoms. The average molecular weight is 246 g/mol. The van der Waals surface area contributed by atoms with Crippen molar-refractivity contribution in [3.63, 3.8) is 0 Å². The fourth-order valence-corrected chi connectivity index (χ4v) is 1.86. The molecule has 1 unspecified atom stereocenters. The molecule has 0 fully saturated rings. The Balaban J connectivity index is 2.31. The Morgan fingerprint density at radius 3 is 2.44 bits per heavy atom. The number of hydrogen-bond donors (Lipinski definition) is 1. The molecule has 0 aliphatic rings. The van der Waals surface area contributed by atoms with Gasteiger partial charge in [-0.3, -0.25) is 10.1 Å². The summed E-state index contributed by atoms with van der Waals surface area (Å²) in [6.45, 7) is 3.82. The molecule has 1 aromatic carbocycles. The van der Waals surface area contributed by atoms with Crippen LogP contribution in [0.15, 0.2) is 30.3 Å². The van der Waals surface area contributed by atoms with Crippen molar-refractivity contribution >= 4 is 11.5 Å². The molecule has 2 aromatic rings. The Kier molecular flexibility index (Phi) is 3.01. The minimum absolute atomic E-state index is 0.0560. The summed E-state index contributed by atoms with van der Waals surface area (Å²) in [7, 11) is 0. The summed E-state index contributed by atoms with van der Waals surface area (Å²) in [6, 6.07) is 8.15. The predicted molar refractivity (Wildman–Crippen MR) is 68.3 cm³/mol. The van der Waals surface area contributed by atoms with Gasteiger partial charge in [0.05, 0.1) is 16.7 Å². The molecule has 18 heavy (non-hydrogen) atoms. The first kappa shape index (κ1) is 12.1. The number of non-ortho nitro benzene ring substituents is 1. The second kappa shape index (κ2) is 4.48. The van der Waals surface area contributed by atoms with Gasteiger partial charge in [0.25, 0.3) is 5.69 Å². The maximum Gasteiger partial charge on any atom is 0.269 e. The van der Waals surface area contributed by atoms with Gasteiger partial charge < -0.3 is 5.73 Å². The molecule has 2 rings (SSSR count). The lowest BCUT2D eigenvalue weighted by atomic mass is 10.1. The van der Waals surface area contributed by atoms with E-state index in [9.17, 15) is 10.1 Å². The fraction of sp³-hybridized carbons (Fsp3) is 0.250. The zero-order valence-electron chi connectivity index (χ0n) is 10.2. The van der Waals surface area contributed by atoms with Gasteiger partial charge in [-0.1, -0.05) is 12.1 Å². The summed E-state index contributed by atoms with van der Waals surface area (Å²) < 4.78 is 1.70. The van der Waals surface area contributed by atoms with E-state index in [-0.39, 0.29) is 11.7 Å². The Hall–Kier alpha value is -2.37. The molecule has 2 N–H and O–H groups in total. The molecule has 94 valence electrons. The molecule has 6 nitrogen and oxygen atoms in total. The maximum absolute atomic E-state index is 10.6. The molecule has 1 atom stereocenters. The quantitative estimate of drug-likeness (QED) is 0.664. The van der Waals surface area contributed by atoms with Gasteiger partial charge in [-0.05, 0) is 19.4 Å². The molecule has 0 radical (unpaired) electrons. The third-order valence-corrected chi connectivity index (χ3v) is 2.84. The number of rotatable bonds is 3. The lowest BCUT2D eigenvalue weighted by Gasteiger charge is -2.14. The molecule has 0 spiro atoms. The minimum atomic E-state index is -0.416. The Morgan fingerprint density at radius 1 is 1.39 bits per heavy atom. The van der Waals surface area contributed by atoms with Gasteiger partial charge in [-0.25, -0.2) is 4.68 Å². The number of benzene rings is 1. The molecule has 0 aliphatic heterocycles. The monoisotopic (exact) mass is 246 g/mol. The largest absolute Gasteiger partial charge is 0.384 e. The topological polar surface area (TPSA) is 87.0 Å². The first-order chi connectivity index (χ1) is 8.49. The number of nitro groups is 1. The number of nitro benzene ring substituents is 1. The van der Waals surface area contributed by atoms with Gasteiger partial charge in [0.15, 0.2) is 0 Å². The van der Waals surface area contributed by atoms with E-state index in [1.54, 1.807) is 22.9 Å². The van der Waals surface area contributed by atoms with Crippen LogP contribution in [-0.4, -0.2) is 14.7 Å². The van der Waals surface area contributed by atoms with Crippen molar-refractivity contribution in [2.75, 3.05) is 5.73 Å². The van der Waals surface area contributed by atoms with Crippen LogP contribution in [-0.2, 0) is 0 Å². The van der Waals surface area contributed by atoms with Crippen molar-refractivity contribution < 1.29 is 4.92 Å². The Bertz CT molecular complexity index is 574. The van der Waals surface area contributed by atoms with E-state index >= 15 is 0 Å². The second-order valence-electron chi connectivity index (χ2n) is 4.18. The number of aryl methyl sites for hydroxylation is 1. The summed E-state index contributed by atoms with van der Waals surface area (Å²) >= 11 is 0. The van der Waals surface area contributed by atoms with Crippen molar-refractivity contribution in [2.24, 2.45) is 0 Å². The second-order valence-corrected chi connectivity index (χ2v) is 4.18. The highest BCUT2D eigenvalue weighted by Crippen LogP contribution is 2.23. The highest BCUT2D eigenvalue weighted by atomic mass is 16.6. The Labute approximate surface area is 104 Å². The number of hydrogen-bond acceptors (Lipinski definition) is 4. The van der Waals surface area contributed by atoms with E-state index in [1.165, 1.54) is 12.1 Å². The van der Waals surface area contributed by atoms with Crippen molar-refractivity contribution in [1.82, 2.24) is 9.78 Å². The lowest BCUT2D eigenvalue weighted by molar-refractivity contribution is -0.384. The normalized spacial score (nSPS) is 12.3. The van der Waals surface area contributed by atoms with Crippen LogP contribution in [0.2, 0.25) is 0 Å². The van der Waals surface area contributed by atoms with E-state index in [1.807, 2.05) is 13.8 Å². The van der Waals surface area contributed by atoms with Crippen LogP contribution in [0.25, 0.3) is 0 Å². The van der Waals surface area contributed by atoms with Crippen molar-refractivity contribution in [1.29, 1.82) is 0 Å². The zero-order valence-corrected chi connectivity index (χ0v) is 10.2. The summed E-state index contributed by atoms with van der Waals surface area (Å²) in [4.78, 5) is 10.2. The molecule has 0 amide bonds. The SMILES string of the molecule is Cc1cc(N)n(C(C)c2ccc([N+](=O)[O-])cc2)n1. The molecule has 6 heteroatoms. The minimum Gasteiger partial charge on any atom is -0.384 e. The van der Waals surface area contributed by atoms with E-state index in [4.69, 9.17) is 5.73 Å².